The smallest absolute Gasteiger partial charge is 0.194 e. The van der Waals surface area contributed by atoms with Gasteiger partial charge < -0.3 is 0 Å². The molecule has 0 radical (unpaired) electrons. The van der Waals surface area contributed by atoms with Gasteiger partial charge in [-0.25, -0.2) is 0 Å². The highest BCUT2D eigenvalue weighted by Gasteiger charge is 2.27. The zero-order chi connectivity index (χ0) is 20.7. The van der Waals surface area contributed by atoms with E-state index >= 15 is 0 Å². The third-order valence-electron chi connectivity index (χ3n) is 4.76. The Hall–Kier alpha value is -0.830. The van der Waals surface area contributed by atoms with Crippen molar-refractivity contribution >= 4 is 82.4 Å². The average molecular weight is 501 g/mol. The van der Waals surface area contributed by atoms with Gasteiger partial charge >= 0.3 is 0 Å². The SMILES string of the molecule is CSC1=C(SC)SC(=C2SC=C(/C=C/c3ccc4c(c3)C(=O)c3ccccc3-4)S2)S1. The van der Waals surface area contributed by atoms with Gasteiger partial charge in [0.25, 0.3) is 0 Å². The second-order valence-electron chi connectivity index (χ2n) is 6.52. The van der Waals surface area contributed by atoms with E-state index in [1.54, 1.807) is 0 Å². The highest BCUT2D eigenvalue weighted by Crippen LogP contribution is 2.61. The van der Waals surface area contributed by atoms with Gasteiger partial charge in [0.05, 0.1) is 16.9 Å². The molecule has 0 aromatic heterocycles. The van der Waals surface area contributed by atoms with Gasteiger partial charge in [0.1, 0.15) is 0 Å². The highest BCUT2D eigenvalue weighted by molar-refractivity contribution is 8.42. The maximum Gasteiger partial charge on any atom is 0.194 e. The van der Waals surface area contributed by atoms with Gasteiger partial charge in [0.15, 0.2) is 5.78 Å². The molecule has 1 nitrogen and oxygen atoms in total. The Bertz CT molecular complexity index is 1170. The number of ketones is 1. The van der Waals surface area contributed by atoms with Gasteiger partial charge in [0.2, 0.25) is 0 Å². The van der Waals surface area contributed by atoms with Gasteiger partial charge in [-0.2, -0.15) is 0 Å². The van der Waals surface area contributed by atoms with Crippen molar-refractivity contribution in [3.8, 4) is 11.1 Å². The molecule has 3 aliphatic rings. The number of hydrogen-bond acceptors (Lipinski definition) is 7. The first-order valence-electron chi connectivity index (χ1n) is 9.11. The average Bonchev–Trinajstić information content (AvgIpc) is 3.49. The second kappa shape index (κ2) is 8.96. The molecule has 0 fully saturated rings. The van der Waals surface area contributed by atoms with Crippen molar-refractivity contribution in [3.05, 3.63) is 92.5 Å². The van der Waals surface area contributed by atoms with E-state index in [1.807, 2.05) is 101 Å². The number of hydrogen-bond donors (Lipinski definition) is 0. The van der Waals surface area contributed by atoms with E-state index in [-0.39, 0.29) is 5.78 Å². The summed E-state index contributed by atoms with van der Waals surface area (Å²) in [6.07, 6.45) is 8.56. The molecule has 0 saturated heterocycles. The Morgan fingerprint density at radius 3 is 2.20 bits per heavy atom. The van der Waals surface area contributed by atoms with Crippen molar-refractivity contribution in [2.45, 2.75) is 0 Å². The van der Waals surface area contributed by atoms with Crippen LogP contribution in [-0.4, -0.2) is 18.3 Å². The maximum absolute atomic E-state index is 12.7. The Kier molecular flexibility index (Phi) is 6.29. The van der Waals surface area contributed by atoms with Gasteiger partial charge in [0, 0.05) is 16.0 Å². The van der Waals surface area contributed by atoms with E-state index < -0.39 is 0 Å². The largest absolute Gasteiger partial charge is 0.289 e. The summed E-state index contributed by atoms with van der Waals surface area (Å²) >= 11 is 11.1. The molecule has 5 rings (SSSR count). The van der Waals surface area contributed by atoms with Crippen LogP contribution in [0.5, 0.6) is 0 Å². The van der Waals surface area contributed by atoms with Crippen LogP contribution in [0.4, 0.5) is 0 Å². The number of allylic oxidation sites excluding steroid dienone is 1. The van der Waals surface area contributed by atoms with Gasteiger partial charge in [-0.15, -0.1) is 23.5 Å². The molecular weight excluding hydrogens is 485 g/mol. The fraction of sp³-hybridized carbons (Fsp3) is 0.0870. The first-order chi connectivity index (χ1) is 14.7. The van der Waals surface area contributed by atoms with E-state index in [1.165, 1.54) is 21.9 Å². The zero-order valence-corrected chi connectivity index (χ0v) is 21.0. The van der Waals surface area contributed by atoms with Crippen molar-refractivity contribution in [3.63, 3.8) is 0 Å². The molecule has 1 aliphatic carbocycles. The van der Waals surface area contributed by atoms with Crippen LogP contribution in [0.3, 0.4) is 0 Å². The predicted molar refractivity (Wildman–Crippen MR) is 144 cm³/mol. The van der Waals surface area contributed by atoms with Gasteiger partial charge in [-0.3, -0.25) is 4.79 Å². The number of benzene rings is 2. The van der Waals surface area contributed by atoms with E-state index in [2.05, 4.69) is 42.2 Å². The summed E-state index contributed by atoms with van der Waals surface area (Å²) in [5, 5.41) is 2.22. The van der Waals surface area contributed by atoms with Crippen LogP contribution < -0.4 is 0 Å². The molecule has 0 amide bonds. The molecule has 0 saturated carbocycles. The van der Waals surface area contributed by atoms with Gasteiger partial charge in [-0.1, -0.05) is 89.5 Å². The summed E-state index contributed by atoms with van der Waals surface area (Å²) < 4.78 is 5.56. The van der Waals surface area contributed by atoms with Crippen LogP contribution in [0.15, 0.2) is 75.8 Å². The summed E-state index contributed by atoms with van der Waals surface area (Å²) in [6.45, 7) is 0. The summed E-state index contributed by atoms with van der Waals surface area (Å²) in [5.41, 5.74) is 4.77. The molecule has 150 valence electrons. The third kappa shape index (κ3) is 3.89. The highest BCUT2D eigenvalue weighted by atomic mass is 32.3. The minimum absolute atomic E-state index is 0.130. The van der Waals surface area contributed by atoms with Crippen LogP contribution in [0.2, 0.25) is 0 Å². The fourth-order valence-corrected chi connectivity index (χ4v) is 10.8. The maximum atomic E-state index is 12.7. The summed E-state index contributed by atoms with van der Waals surface area (Å²) in [6, 6.07) is 14.0. The van der Waals surface area contributed by atoms with E-state index in [0.717, 1.165) is 27.8 Å². The van der Waals surface area contributed by atoms with Crippen molar-refractivity contribution in [1.29, 1.82) is 0 Å². The van der Waals surface area contributed by atoms with E-state index in [4.69, 9.17) is 0 Å². The lowest BCUT2D eigenvalue weighted by molar-refractivity contribution is 0.104. The number of carbonyl (C=O) groups is 1. The number of thioether (sulfide) groups is 6. The minimum Gasteiger partial charge on any atom is -0.289 e. The molecule has 0 atom stereocenters. The number of rotatable bonds is 4. The lowest BCUT2D eigenvalue weighted by Crippen LogP contribution is -1.94. The van der Waals surface area contributed by atoms with Crippen molar-refractivity contribution in [2.24, 2.45) is 0 Å². The Morgan fingerprint density at radius 1 is 0.767 bits per heavy atom. The third-order valence-corrected chi connectivity index (χ3v) is 12.9. The molecule has 2 aromatic rings. The van der Waals surface area contributed by atoms with Crippen molar-refractivity contribution in [1.82, 2.24) is 0 Å². The molecule has 0 spiro atoms. The quantitative estimate of drug-likeness (QED) is 0.352. The normalized spacial score (nSPS) is 17.9. The molecule has 2 heterocycles. The first-order valence-corrected chi connectivity index (χ1v) is 14.9. The topological polar surface area (TPSA) is 17.1 Å². The van der Waals surface area contributed by atoms with Crippen LogP contribution in [0, 0.1) is 0 Å². The molecule has 2 aromatic carbocycles. The molecule has 0 bridgehead atoms. The predicted octanol–water partition coefficient (Wildman–Crippen LogP) is 8.69. The number of carbonyl (C=O) groups excluding carboxylic acids is 1. The molecular formula is C23H16OS6. The zero-order valence-electron chi connectivity index (χ0n) is 16.1. The second-order valence-corrected chi connectivity index (χ2v) is 13.2. The van der Waals surface area contributed by atoms with Crippen LogP contribution in [0.25, 0.3) is 17.2 Å². The fourth-order valence-electron chi connectivity index (χ4n) is 3.36. The monoisotopic (exact) mass is 500 g/mol. The van der Waals surface area contributed by atoms with E-state index in [9.17, 15) is 4.79 Å². The van der Waals surface area contributed by atoms with Crippen molar-refractivity contribution in [2.75, 3.05) is 12.5 Å². The Morgan fingerprint density at radius 2 is 1.47 bits per heavy atom. The standard InChI is InChI=1S/C23H16OS6/c1-25-20-21(26-2)30-23(29-20)22-27-12-14(28-22)9-7-13-8-10-16-15-5-3-4-6-17(15)19(24)18(16)11-13/h3-12H,1-2H3/b9-7+. The van der Waals surface area contributed by atoms with Crippen LogP contribution in [0.1, 0.15) is 21.5 Å². The summed E-state index contributed by atoms with van der Waals surface area (Å²) in [5.74, 6) is 0.130. The molecule has 2 aliphatic heterocycles. The summed E-state index contributed by atoms with van der Waals surface area (Å²) in [7, 11) is 0. The first kappa shape index (κ1) is 21.0. The Labute approximate surface area is 202 Å². The minimum atomic E-state index is 0.130. The lowest BCUT2D eigenvalue weighted by atomic mass is 10.0. The molecule has 30 heavy (non-hydrogen) atoms. The van der Waals surface area contributed by atoms with Crippen molar-refractivity contribution < 1.29 is 4.79 Å². The summed E-state index contributed by atoms with van der Waals surface area (Å²) in [4.78, 5) is 14.0. The Balaban J connectivity index is 1.31. The number of fused-ring (bicyclic) bond motifs is 3. The molecule has 0 N–H and O–H groups in total. The van der Waals surface area contributed by atoms with Crippen LogP contribution in [-0.2, 0) is 0 Å². The molecule has 7 heteroatoms. The van der Waals surface area contributed by atoms with Crippen LogP contribution >= 0.6 is 70.6 Å². The van der Waals surface area contributed by atoms with E-state index in [0.29, 0.717) is 0 Å². The molecule has 0 unspecified atom stereocenters. The van der Waals surface area contributed by atoms with Gasteiger partial charge in [-0.05, 0) is 46.8 Å². The lowest BCUT2D eigenvalue weighted by Gasteiger charge is -2.02.